The van der Waals surface area contributed by atoms with Crippen LogP contribution in [-0.4, -0.2) is 25.1 Å². The fraction of sp³-hybridized carbons (Fsp3) is 0.600. The van der Waals surface area contributed by atoms with E-state index in [0.29, 0.717) is 12.5 Å². The third kappa shape index (κ3) is 6.64. The Bertz CT molecular complexity index is 341. The SMILES string of the molecule is CCC(CC)C(Cl)CNCCOc1ccc(Br)cc1. The minimum Gasteiger partial charge on any atom is -0.492 e. The van der Waals surface area contributed by atoms with Gasteiger partial charge in [0.15, 0.2) is 0 Å². The Balaban J connectivity index is 2.12. The maximum absolute atomic E-state index is 6.35. The molecular weight excluding hydrogens is 326 g/mol. The van der Waals surface area contributed by atoms with Gasteiger partial charge in [0, 0.05) is 22.9 Å². The Kier molecular flexibility index (Phi) is 8.51. The van der Waals surface area contributed by atoms with Crippen LogP contribution in [0.25, 0.3) is 0 Å². The average Bonchev–Trinajstić information content (AvgIpc) is 2.42. The van der Waals surface area contributed by atoms with Crippen molar-refractivity contribution in [3.63, 3.8) is 0 Å². The molecule has 2 nitrogen and oxygen atoms in total. The van der Waals surface area contributed by atoms with Crippen molar-refractivity contribution < 1.29 is 4.74 Å². The van der Waals surface area contributed by atoms with Gasteiger partial charge in [-0.2, -0.15) is 0 Å². The van der Waals surface area contributed by atoms with Gasteiger partial charge in [0.1, 0.15) is 12.4 Å². The molecule has 1 atom stereocenters. The van der Waals surface area contributed by atoms with Crippen molar-refractivity contribution in [1.82, 2.24) is 5.32 Å². The average molecular weight is 349 g/mol. The van der Waals surface area contributed by atoms with E-state index in [1.807, 2.05) is 24.3 Å². The van der Waals surface area contributed by atoms with Crippen LogP contribution in [0.3, 0.4) is 0 Å². The Labute approximate surface area is 130 Å². The topological polar surface area (TPSA) is 21.3 Å². The first-order chi connectivity index (χ1) is 9.17. The zero-order chi connectivity index (χ0) is 14.1. The summed E-state index contributed by atoms with van der Waals surface area (Å²) < 4.78 is 6.69. The molecule has 0 aromatic heterocycles. The molecule has 0 aliphatic heterocycles. The number of benzene rings is 1. The van der Waals surface area contributed by atoms with Crippen LogP contribution in [0.15, 0.2) is 28.7 Å². The fourth-order valence-corrected chi connectivity index (χ4v) is 2.71. The molecule has 1 N–H and O–H groups in total. The van der Waals surface area contributed by atoms with Crippen LogP contribution in [0.2, 0.25) is 0 Å². The lowest BCUT2D eigenvalue weighted by Gasteiger charge is -2.19. The second-order valence-corrected chi connectivity index (χ2v) is 6.08. The van der Waals surface area contributed by atoms with Gasteiger partial charge in [-0.15, -0.1) is 11.6 Å². The molecule has 19 heavy (non-hydrogen) atoms. The van der Waals surface area contributed by atoms with Crippen molar-refractivity contribution in [3.8, 4) is 5.75 Å². The summed E-state index contributed by atoms with van der Waals surface area (Å²) >= 11 is 9.75. The molecule has 0 saturated heterocycles. The van der Waals surface area contributed by atoms with Crippen molar-refractivity contribution in [1.29, 1.82) is 0 Å². The molecule has 0 heterocycles. The van der Waals surface area contributed by atoms with Crippen molar-refractivity contribution >= 4 is 27.5 Å². The minimum absolute atomic E-state index is 0.211. The van der Waals surface area contributed by atoms with Crippen molar-refractivity contribution in [2.24, 2.45) is 5.92 Å². The second-order valence-electron chi connectivity index (χ2n) is 4.60. The smallest absolute Gasteiger partial charge is 0.119 e. The van der Waals surface area contributed by atoms with Gasteiger partial charge in [0.05, 0.1) is 0 Å². The maximum Gasteiger partial charge on any atom is 0.119 e. The first-order valence-electron chi connectivity index (χ1n) is 6.90. The van der Waals surface area contributed by atoms with Crippen molar-refractivity contribution in [2.45, 2.75) is 32.1 Å². The number of halogens is 2. The molecule has 108 valence electrons. The molecule has 1 aromatic carbocycles. The summed E-state index contributed by atoms with van der Waals surface area (Å²) in [6.45, 7) is 6.71. The van der Waals surface area contributed by atoms with Gasteiger partial charge in [-0.05, 0) is 30.2 Å². The van der Waals surface area contributed by atoms with Gasteiger partial charge in [-0.1, -0.05) is 42.6 Å². The normalized spacial score (nSPS) is 12.7. The van der Waals surface area contributed by atoms with Gasteiger partial charge in [0.25, 0.3) is 0 Å². The number of hydrogen-bond acceptors (Lipinski definition) is 2. The highest BCUT2D eigenvalue weighted by atomic mass is 79.9. The molecule has 0 aliphatic carbocycles. The first kappa shape index (κ1) is 16.8. The third-order valence-corrected chi connectivity index (χ3v) is 4.30. The van der Waals surface area contributed by atoms with E-state index >= 15 is 0 Å². The quantitative estimate of drug-likeness (QED) is 0.525. The number of ether oxygens (including phenoxy) is 1. The summed E-state index contributed by atoms with van der Waals surface area (Å²) in [7, 11) is 0. The van der Waals surface area contributed by atoms with Crippen LogP contribution in [0.1, 0.15) is 26.7 Å². The zero-order valence-corrected chi connectivity index (χ0v) is 14.0. The highest BCUT2D eigenvalue weighted by Crippen LogP contribution is 2.18. The zero-order valence-electron chi connectivity index (χ0n) is 11.7. The van der Waals surface area contributed by atoms with E-state index in [1.165, 1.54) is 0 Å². The minimum atomic E-state index is 0.211. The van der Waals surface area contributed by atoms with Crippen LogP contribution < -0.4 is 10.1 Å². The number of rotatable bonds is 9. The summed E-state index contributed by atoms with van der Waals surface area (Å²) in [5, 5.41) is 3.56. The predicted octanol–water partition coefficient (Wildman–Crippen LogP) is 4.46. The second kappa shape index (κ2) is 9.62. The van der Waals surface area contributed by atoms with Gasteiger partial charge >= 0.3 is 0 Å². The molecule has 1 rings (SSSR count). The Morgan fingerprint density at radius 2 is 1.84 bits per heavy atom. The van der Waals surface area contributed by atoms with E-state index in [9.17, 15) is 0 Å². The van der Waals surface area contributed by atoms with Crippen LogP contribution in [0.4, 0.5) is 0 Å². The molecule has 0 bridgehead atoms. The molecule has 0 spiro atoms. The van der Waals surface area contributed by atoms with Crippen LogP contribution in [-0.2, 0) is 0 Å². The molecule has 4 heteroatoms. The van der Waals surface area contributed by atoms with E-state index < -0.39 is 0 Å². The summed E-state index contributed by atoms with van der Waals surface area (Å²) in [5.41, 5.74) is 0. The van der Waals surface area contributed by atoms with E-state index in [-0.39, 0.29) is 5.38 Å². The molecule has 0 aliphatic rings. The highest BCUT2D eigenvalue weighted by Gasteiger charge is 2.14. The summed E-state index contributed by atoms with van der Waals surface area (Å²) in [4.78, 5) is 0. The molecule has 1 unspecified atom stereocenters. The Hall–Kier alpha value is -0.250. The monoisotopic (exact) mass is 347 g/mol. The van der Waals surface area contributed by atoms with E-state index in [4.69, 9.17) is 16.3 Å². The molecule has 1 aromatic rings. The van der Waals surface area contributed by atoms with Crippen LogP contribution in [0, 0.1) is 5.92 Å². The lowest BCUT2D eigenvalue weighted by molar-refractivity contribution is 0.311. The van der Waals surface area contributed by atoms with Gasteiger partial charge in [0.2, 0.25) is 0 Å². The fourth-order valence-electron chi connectivity index (χ4n) is 1.98. The van der Waals surface area contributed by atoms with Crippen LogP contribution >= 0.6 is 27.5 Å². The van der Waals surface area contributed by atoms with Crippen molar-refractivity contribution in [3.05, 3.63) is 28.7 Å². The maximum atomic E-state index is 6.35. The lowest BCUT2D eigenvalue weighted by Crippen LogP contribution is -2.31. The van der Waals surface area contributed by atoms with E-state index in [2.05, 4.69) is 35.1 Å². The lowest BCUT2D eigenvalue weighted by atomic mass is 9.99. The van der Waals surface area contributed by atoms with Gasteiger partial charge in [-0.3, -0.25) is 0 Å². The van der Waals surface area contributed by atoms with E-state index in [0.717, 1.165) is 36.2 Å². The Morgan fingerprint density at radius 1 is 1.21 bits per heavy atom. The highest BCUT2D eigenvalue weighted by molar-refractivity contribution is 9.10. The summed E-state index contributed by atoms with van der Waals surface area (Å²) in [6, 6.07) is 7.87. The van der Waals surface area contributed by atoms with Gasteiger partial charge < -0.3 is 10.1 Å². The number of nitrogens with one attached hydrogen (secondary N) is 1. The molecule has 0 amide bonds. The standard InChI is InChI=1S/C15H23BrClNO/c1-3-12(4-2)15(17)11-18-9-10-19-14-7-5-13(16)6-8-14/h5-8,12,15,18H,3-4,9-11H2,1-2H3. The van der Waals surface area contributed by atoms with E-state index in [1.54, 1.807) is 0 Å². The third-order valence-electron chi connectivity index (χ3n) is 3.26. The molecule has 0 radical (unpaired) electrons. The first-order valence-corrected chi connectivity index (χ1v) is 8.13. The summed E-state index contributed by atoms with van der Waals surface area (Å²) in [6.07, 6.45) is 2.28. The summed E-state index contributed by atoms with van der Waals surface area (Å²) in [5.74, 6) is 1.49. The Morgan fingerprint density at radius 3 is 2.42 bits per heavy atom. The van der Waals surface area contributed by atoms with Gasteiger partial charge in [-0.25, -0.2) is 0 Å². The molecular formula is C15H23BrClNO. The van der Waals surface area contributed by atoms with Crippen molar-refractivity contribution in [2.75, 3.05) is 19.7 Å². The number of alkyl halides is 1. The molecule has 0 saturated carbocycles. The largest absolute Gasteiger partial charge is 0.492 e. The van der Waals surface area contributed by atoms with Crippen LogP contribution in [0.5, 0.6) is 5.75 Å². The number of hydrogen-bond donors (Lipinski definition) is 1. The predicted molar refractivity (Wildman–Crippen MR) is 86.2 cm³/mol. The molecule has 0 fully saturated rings.